The van der Waals surface area contributed by atoms with Crippen LogP contribution in [0.1, 0.15) is 10.4 Å². The van der Waals surface area contributed by atoms with E-state index in [2.05, 4.69) is 20.3 Å². The number of amides is 1. The Bertz CT molecular complexity index is 766. The van der Waals surface area contributed by atoms with Crippen molar-refractivity contribution in [3.8, 4) is 0 Å². The molecule has 3 rings (SSSR count). The van der Waals surface area contributed by atoms with Gasteiger partial charge >= 0.3 is 0 Å². The van der Waals surface area contributed by atoms with E-state index in [9.17, 15) is 4.79 Å². The Morgan fingerprint density at radius 3 is 2.56 bits per heavy atom. The lowest BCUT2D eigenvalue weighted by atomic mass is 10.2. The Morgan fingerprint density at radius 2 is 1.92 bits per heavy atom. The number of morpholine rings is 1. The molecule has 1 N–H and O–H groups in total. The topological polar surface area (TPSA) is 80.2 Å². The standard InChI is InChI=1S/C15H15Cl2N5O2S/c1-25-15-19-6-9(13(21-15)22-2-4-24-5-3-22)14(23)20-12-10(16)7-18-8-11(12)17/h6-8H,2-5H2,1H3,(H,18,20,23). The summed E-state index contributed by atoms with van der Waals surface area (Å²) in [7, 11) is 0. The third-order valence-electron chi connectivity index (χ3n) is 3.58. The van der Waals surface area contributed by atoms with Crippen LogP contribution in [0.5, 0.6) is 0 Å². The molecule has 0 unspecified atom stereocenters. The third-order valence-corrected chi connectivity index (χ3v) is 4.71. The molecule has 7 nitrogen and oxygen atoms in total. The van der Waals surface area contributed by atoms with Crippen molar-refractivity contribution in [3.63, 3.8) is 0 Å². The van der Waals surface area contributed by atoms with Gasteiger partial charge in [-0.05, 0) is 6.26 Å². The summed E-state index contributed by atoms with van der Waals surface area (Å²) in [6, 6.07) is 0. The molecule has 2 aromatic rings. The number of rotatable bonds is 4. The molecule has 2 aromatic heterocycles. The molecule has 1 fully saturated rings. The molecule has 1 aliphatic rings. The number of ether oxygens (including phenoxy) is 1. The van der Waals surface area contributed by atoms with E-state index in [1.165, 1.54) is 30.4 Å². The third kappa shape index (κ3) is 4.14. The van der Waals surface area contributed by atoms with Crippen molar-refractivity contribution in [3.05, 3.63) is 34.2 Å². The first-order chi connectivity index (χ1) is 12.1. The molecule has 0 atom stereocenters. The number of carbonyl (C=O) groups excluding carboxylic acids is 1. The summed E-state index contributed by atoms with van der Waals surface area (Å²) in [5.74, 6) is 0.186. The maximum atomic E-state index is 12.8. The predicted octanol–water partition coefficient (Wildman–Crippen LogP) is 2.99. The smallest absolute Gasteiger partial charge is 0.261 e. The van der Waals surface area contributed by atoms with Crippen molar-refractivity contribution in [1.29, 1.82) is 0 Å². The lowest BCUT2D eigenvalue weighted by molar-refractivity contribution is 0.102. The number of thioether (sulfide) groups is 1. The van der Waals surface area contributed by atoms with E-state index < -0.39 is 0 Å². The second-order valence-electron chi connectivity index (χ2n) is 5.13. The van der Waals surface area contributed by atoms with Gasteiger partial charge in [0.1, 0.15) is 11.4 Å². The first-order valence-electron chi connectivity index (χ1n) is 7.44. The van der Waals surface area contributed by atoms with Crippen LogP contribution in [0.3, 0.4) is 0 Å². The normalized spacial score (nSPS) is 14.4. The first-order valence-corrected chi connectivity index (χ1v) is 9.42. The number of hydrogen-bond acceptors (Lipinski definition) is 7. The monoisotopic (exact) mass is 399 g/mol. The SMILES string of the molecule is CSc1ncc(C(=O)Nc2c(Cl)cncc2Cl)c(N2CCOCC2)n1. The van der Waals surface area contributed by atoms with Crippen LogP contribution >= 0.6 is 35.0 Å². The van der Waals surface area contributed by atoms with Gasteiger partial charge in [0.05, 0.1) is 28.9 Å². The second kappa shape index (κ2) is 8.18. The molecule has 0 aromatic carbocycles. The maximum absolute atomic E-state index is 12.8. The Kier molecular flexibility index (Phi) is 5.95. The number of halogens is 2. The molecule has 1 aliphatic heterocycles. The van der Waals surface area contributed by atoms with Gasteiger partial charge in [-0.1, -0.05) is 35.0 Å². The van der Waals surface area contributed by atoms with Crippen LogP contribution in [-0.4, -0.2) is 53.4 Å². The zero-order valence-corrected chi connectivity index (χ0v) is 15.7. The van der Waals surface area contributed by atoms with Crippen molar-refractivity contribution in [2.75, 3.05) is 42.8 Å². The lowest BCUT2D eigenvalue weighted by Crippen LogP contribution is -2.38. The molecular formula is C15H15Cl2N5O2S. The van der Waals surface area contributed by atoms with E-state index in [1.54, 1.807) is 0 Å². The van der Waals surface area contributed by atoms with Crippen LogP contribution in [0.25, 0.3) is 0 Å². The summed E-state index contributed by atoms with van der Waals surface area (Å²) in [4.78, 5) is 27.4. The van der Waals surface area contributed by atoms with E-state index in [1.807, 2.05) is 11.2 Å². The number of anilines is 2. The number of aromatic nitrogens is 3. The van der Waals surface area contributed by atoms with Gasteiger partial charge in [0.15, 0.2) is 5.16 Å². The molecule has 132 valence electrons. The van der Waals surface area contributed by atoms with E-state index >= 15 is 0 Å². The van der Waals surface area contributed by atoms with E-state index in [0.717, 1.165) is 0 Å². The Balaban J connectivity index is 1.93. The van der Waals surface area contributed by atoms with Gasteiger partial charge in [-0.15, -0.1) is 0 Å². The quantitative estimate of drug-likeness (QED) is 0.624. The van der Waals surface area contributed by atoms with Crippen LogP contribution in [0.15, 0.2) is 23.7 Å². The van der Waals surface area contributed by atoms with Gasteiger partial charge in [0.25, 0.3) is 5.91 Å². The van der Waals surface area contributed by atoms with Gasteiger partial charge in [-0.25, -0.2) is 9.97 Å². The molecule has 3 heterocycles. The number of nitrogens with one attached hydrogen (secondary N) is 1. The molecule has 0 spiro atoms. The average molecular weight is 400 g/mol. The molecule has 0 bridgehead atoms. The zero-order chi connectivity index (χ0) is 17.8. The van der Waals surface area contributed by atoms with E-state index in [4.69, 9.17) is 27.9 Å². The van der Waals surface area contributed by atoms with Crippen molar-refractivity contribution in [2.24, 2.45) is 0 Å². The summed E-state index contributed by atoms with van der Waals surface area (Å²) in [6.07, 6.45) is 6.23. The maximum Gasteiger partial charge on any atom is 0.261 e. The van der Waals surface area contributed by atoms with E-state index in [0.29, 0.717) is 48.5 Å². The number of hydrogen-bond donors (Lipinski definition) is 1. The summed E-state index contributed by atoms with van der Waals surface area (Å²) >= 11 is 13.6. The lowest BCUT2D eigenvalue weighted by Gasteiger charge is -2.29. The van der Waals surface area contributed by atoms with Gasteiger partial charge in [0.2, 0.25) is 0 Å². The fourth-order valence-corrected chi connectivity index (χ4v) is 3.14. The van der Waals surface area contributed by atoms with Gasteiger partial charge < -0.3 is 15.0 Å². The minimum Gasteiger partial charge on any atom is -0.378 e. The fraction of sp³-hybridized carbons (Fsp3) is 0.333. The van der Waals surface area contributed by atoms with Crippen molar-refractivity contribution in [1.82, 2.24) is 15.0 Å². The van der Waals surface area contributed by atoms with Gasteiger partial charge in [-0.3, -0.25) is 9.78 Å². The first kappa shape index (κ1) is 18.2. The Morgan fingerprint density at radius 1 is 1.24 bits per heavy atom. The number of pyridine rings is 1. The highest BCUT2D eigenvalue weighted by Gasteiger charge is 2.23. The van der Waals surface area contributed by atoms with Crippen LogP contribution in [0.2, 0.25) is 10.0 Å². The minimum absolute atomic E-state index is 0.260. The van der Waals surface area contributed by atoms with Crippen LogP contribution in [-0.2, 0) is 4.74 Å². The van der Waals surface area contributed by atoms with Crippen LogP contribution in [0.4, 0.5) is 11.5 Å². The fourth-order valence-electron chi connectivity index (χ4n) is 2.34. The predicted molar refractivity (Wildman–Crippen MR) is 99.1 cm³/mol. The van der Waals surface area contributed by atoms with Crippen molar-refractivity contribution >= 4 is 52.4 Å². The molecule has 0 aliphatic carbocycles. The number of carbonyl (C=O) groups is 1. The van der Waals surface area contributed by atoms with Crippen molar-refractivity contribution in [2.45, 2.75) is 5.16 Å². The number of nitrogens with zero attached hydrogens (tertiary/aromatic N) is 4. The van der Waals surface area contributed by atoms with E-state index in [-0.39, 0.29) is 16.0 Å². The molecular weight excluding hydrogens is 385 g/mol. The zero-order valence-electron chi connectivity index (χ0n) is 13.3. The molecule has 1 amide bonds. The molecule has 0 radical (unpaired) electrons. The minimum atomic E-state index is -0.385. The second-order valence-corrected chi connectivity index (χ2v) is 6.71. The van der Waals surface area contributed by atoms with Crippen LogP contribution < -0.4 is 10.2 Å². The molecule has 0 saturated carbocycles. The highest BCUT2D eigenvalue weighted by Crippen LogP contribution is 2.30. The molecule has 25 heavy (non-hydrogen) atoms. The van der Waals surface area contributed by atoms with Gasteiger partial charge in [-0.2, -0.15) is 0 Å². The molecule has 10 heteroatoms. The summed E-state index contributed by atoms with van der Waals surface area (Å²) < 4.78 is 5.37. The van der Waals surface area contributed by atoms with Crippen molar-refractivity contribution < 1.29 is 9.53 Å². The highest BCUT2D eigenvalue weighted by molar-refractivity contribution is 7.98. The van der Waals surface area contributed by atoms with Gasteiger partial charge in [0, 0.05) is 31.7 Å². The summed E-state index contributed by atoms with van der Waals surface area (Å²) in [6.45, 7) is 2.48. The summed E-state index contributed by atoms with van der Waals surface area (Å²) in [5.41, 5.74) is 0.661. The summed E-state index contributed by atoms with van der Waals surface area (Å²) in [5, 5.41) is 3.84. The Labute approximate surface area is 159 Å². The largest absolute Gasteiger partial charge is 0.378 e. The average Bonchev–Trinajstić information content (AvgIpc) is 2.65. The molecule has 1 saturated heterocycles. The highest BCUT2D eigenvalue weighted by atomic mass is 35.5. The van der Waals surface area contributed by atoms with Crippen LogP contribution in [0, 0.1) is 0 Å². The Hall–Kier alpha value is -1.61.